The molecule has 1 aromatic carbocycles. The van der Waals surface area contributed by atoms with Crippen LogP contribution in [0.25, 0.3) is 0 Å². The zero-order chi connectivity index (χ0) is 9.42. The van der Waals surface area contributed by atoms with Crippen LogP contribution in [0, 0.1) is 0 Å². The van der Waals surface area contributed by atoms with E-state index in [-0.39, 0.29) is 12.0 Å². The van der Waals surface area contributed by atoms with E-state index < -0.39 is 0 Å². The minimum absolute atomic E-state index is 0.131. The third kappa shape index (κ3) is 1.23. The van der Waals surface area contributed by atoms with Gasteiger partial charge in [0.25, 0.3) is 0 Å². The Morgan fingerprint density at radius 1 is 1.38 bits per heavy atom. The first-order chi connectivity index (χ1) is 6.20. The molecule has 0 saturated carbocycles. The van der Waals surface area contributed by atoms with Crippen molar-refractivity contribution in [2.24, 2.45) is 5.73 Å². The first-order valence-corrected chi connectivity index (χ1v) is 4.41. The van der Waals surface area contributed by atoms with Gasteiger partial charge >= 0.3 is 0 Å². The van der Waals surface area contributed by atoms with Crippen LogP contribution in [-0.2, 0) is 0 Å². The minimum Gasteiger partial charge on any atom is -0.402 e. The van der Waals surface area contributed by atoms with Gasteiger partial charge in [0.15, 0.2) is 0 Å². The molecule has 0 bridgehead atoms. The molecule has 1 aliphatic rings. The second-order valence-electron chi connectivity index (χ2n) is 3.51. The van der Waals surface area contributed by atoms with Gasteiger partial charge in [-0.3, -0.25) is 0 Å². The molecule has 1 aliphatic carbocycles. The van der Waals surface area contributed by atoms with Crippen molar-refractivity contribution in [3.63, 3.8) is 0 Å². The van der Waals surface area contributed by atoms with Crippen molar-refractivity contribution in [3.05, 3.63) is 47.7 Å². The van der Waals surface area contributed by atoms with Crippen molar-refractivity contribution >= 4 is 0 Å². The number of rotatable bonds is 1. The standard InChI is InChI=1S/C11H13NO/c1-7(12)10-6-11(13)9-5-3-2-4-8(9)10/h2-5,10-11,13H,1,6,12H2. The summed E-state index contributed by atoms with van der Waals surface area (Å²) in [5.74, 6) is 0.131. The molecule has 2 atom stereocenters. The molecule has 0 saturated heterocycles. The van der Waals surface area contributed by atoms with Gasteiger partial charge in [-0.05, 0) is 17.5 Å². The summed E-state index contributed by atoms with van der Waals surface area (Å²) in [6, 6.07) is 7.85. The van der Waals surface area contributed by atoms with Gasteiger partial charge in [0.1, 0.15) is 0 Å². The summed E-state index contributed by atoms with van der Waals surface area (Å²) in [5.41, 5.74) is 8.44. The Hall–Kier alpha value is -1.28. The van der Waals surface area contributed by atoms with Crippen LogP contribution in [0.1, 0.15) is 29.6 Å². The highest BCUT2D eigenvalue weighted by atomic mass is 16.3. The molecule has 13 heavy (non-hydrogen) atoms. The van der Waals surface area contributed by atoms with E-state index in [1.54, 1.807) is 0 Å². The first-order valence-electron chi connectivity index (χ1n) is 4.41. The predicted octanol–water partition coefficient (Wildman–Crippen LogP) is 1.68. The number of aliphatic hydroxyl groups is 1. The Morgan fingerprint density at radius 2 is 2.00 bits per heavy atom. The second-order valence-corrected chi connectivity index (χ2v) is 3.51. The Bertz CT molecular complexity index is 346. The summed E-state index contributed by atoms with van der Waals surface area (Å²) in [4.78, 5) is 0. The number of hydrogen-bond donors (Lipinski definition) is 2. The lowest BCUT2D eigenvalue weighted by atomic mass is 9.99. The van der Waals surface area contributed by atoms with Crippen LogP contribution in [0.3, 0.4) is 0 Å². The maximum absolute atomic E-state index is 9.70. The van der Waals surface area contributed by atoms with Gasteiger partial charge in [-0.25, -0.2) is 0 Å². The van der Waals surface area contributed by atoms with Crippen molar-refractivity contribution in [3.8, 4) is 0 Å². The molecule has 2 nitrogen and oxygen atoms in total. The maximum Gasteiger partial charge on any atom is 0.0802 e. The summed E-state index contributed by atoms with van der Waals surface area (Å²) < 4.78 is 0. The molecule has 0 aliphatic heterocycles. The third-order valence-electron chi connectivity index (χ3n) is 2.64. The molecule has 0 spiro atoms. The zero-order valence-electron chi connectivity index (χ0n) is 7.40. The van der Waals surface area contributed by atoms with E-state index in [0.29, 0.717) is 12.1 Å². The first kappa shape index (κ1) is 8.32. The number of benzene rings is 1. The summed E-state index contributed by atoms with van der Waals surface area (Å²) in [5, 5.41) is 9.70. The topological polar surface area (TPSA) is 46.2 Å². The molecule has 0 aromatic heterocycles. The fourth-order valence-corrected chi connectivity index (χ4v) is 1.96. The molecule has 2 rings (SSSR count). The Kier molecular flexibility index (Phi) is 1.85. The molecule has 0 amide bonds. The molecule has 0 radical (unpaired) electrons. The lowest BCUT2D eigenvalue weighted by Crippen LogP contribution is -2.05. The van der Waals surface area contributed by atoms with Crippen LogP contribution in [-0.4, -0.2) is 5.11 Å². The molecule has 2 heteroatoms. The van der Waals surface area contributed by atoms with Gasteiger partial charge in [0.2, 0.25) is 0 Å². The highest BCUT2D eigenvalue weighted by Crippen LogP contribution is 2.41. The van der Waals surface area contributed by atoms with Gasteiger partial charge in [-0.2, -0.15) is 0 Å². The molecular weight excluding hydrogens is 162 g/mol. The van der Waals surface area contributed by atoms with Crippen molar-refractivity contribution < 1.29 is 5.11 Å². The van der Waals surface area contributed by atoms with Crippen molar-refractivity contribution in [2.45, 2.75) is 18.4 Å². The van der Waals surface area contributed by atoms with E-state index in [4.69, 9.17) is 5.73 Å². The van der Waals surface area contributed by atoms with E-state index >= 15 is 0 Å². The summed E-state index contributed by atoms with van der Waals surface area (Å²) in [6.07, 6.45) is 0.302. The van der Waals surface area contributed by atoms with Crippen molar-refractivity contribution in [1.82, 2.24) is 0 Å². The predicted molar refractivity (Wildman–Crippen MR) is 52.1 cm³/mol. The van der Waals surface area contributed by atoms with Crippen LogP contribution in [0.2, 0.25) is 0 Å². The fraction of sp³-hybridized carbons (Fsp3) is 0.273. The van der Waals surface area contributed by atoms with Crippen LogP contribution in [0.15, 0.2) is 36.5 Å². The van der Waals surface area contributed by atoms with Gasteiger partial charge in [0, 0.05) is 11.6 Å². The monoisotopic (exact) mass is 175 g/mol. The average molecular weight is 175 g/mol. The fourth-order valence-electron chi connectivity index (χ4n) is 1.96. The molecule has 0 fully saturated rings. The maximum atomic E-state index is 9.70. The highest BCUT2D eigenvalue weighted by molar-refractivity contribution is 5.40. The lowest BCUT2D eigenvalue weighted by molar-refractivity contribution is 0.176. The van der Waals surface area contributed by atoms with E-state index in [2.05, 4.69) is 6.58 Å². The van der Waals surface area contributed by atoms with Crippen LogP contribution in [0.5, 0.6) is 0 Å². The molecule has 3 N–H and O–H groups in total. The summed E-state index contributed by atoms with van der Waals surface area (Å²) in [6.45, 7) is 3.74. The zero-order valence-corrected chi connectivity index (χ0v) is 7.40. The average Bonchev–Trinajstić information content (AvgIpc) is 2.45. The van der Waals surface area contributed by atoms with E-state index in [9.17, 15) is 5.11 Å². The van der Waals surface area contributed by atoms with Crippen LogP contribution in [0.4, 0.5) is 0 Å². The van der Waals surface area contributed by atoms with Gasteiger partial charge in [0.05, 0.1) is 6.10 Å². The number of aliphatic hydroxyl groups excluding tert-OH is 1. The second kappa shape index (κ2) is 2.89. The Morgan fingerprint density at radius 3 is 2.62 bits per heavy atom. The molecule has 1 aromatic rings. The molecule has 2 unspecified atom stereocenters. The third-order valence-corrected chi connectivity index (χ3v) is 2.64. The largest absolute Gasteiger partial charge is 0.402 e. The number of nitrogens with two attached hydrogens (primary N) is 1. The quantitative estimate of drug-likeness (QED) is 0.682. The Labute approximate surface area is 77.7 Å². The van der Waals surface area contributed by atoms with E-state index in [1.165, 1.54) is 0 Å². The molecule has 68 valence electrons. The van der Waals surface area contributed by atoms with E-state index in [0.717, 1.165) is 11.1 Å². The molecule has 0 heterocycles. The van der Waals surface area contributed by atoms with Crippen molar-refractivity contribution in [2.75, 3.05) is 0 Å². The Balaban J connectivity index is 2.47. The SMILES string of the molecule is C=C(N)C1CC(O)c2ccccc21. The smallest absolute Gasteiger partial charge is 0.0802 e. The van der Waals surface area contributed by atoms with Crippen molar-refractivity contribution in [1.29, 1.82) is 0 Å². The molecular formula is C11H13NO. The van der Waals surface area contributed by atoms with Gasteiger partial charge < -0.3 is 10.8 Å². The number of fused-ring (bicyclic) bond motifs is 1. The normalized spacial score (nSPS) is 25.6. The number of allylic oxidation sites excluding steroid dienone is 1. The van der Waals surface area contributed by atoms with Gasteiger partial charge in [-0.15, -0.1) is 0 Å². The lowest BCUT2D eigenvalue weighted by Gasteiger charge is -2.09. The van der Waals surface area contributed by atoms with Crippen LogP contribution < -0.4 is 5.73 Å². The van der Waals surface area contributed by atoms with Crippen LogP contribution >= 0.6 is 0 Å². The van der Waals surface area contributed by atoms with E-state index in [1.807, 2.05) is 24.3 Å². The summed E-state index contributed by atoms with van der Waals surface area (Å²) >= 11 is 0. The number of hydrogen-bond acceptors (Lipinski definition) is 2. The minimum atomic E-state index is -0.374. The summed E-state index contributed by atoms with van der Waals surface area (Å²) in [7, 11) is 0. The highest BCUT2D eigenvalue weighted by Gasteiger charge is 2.29. The van der Waals surface area contributed by atoms with Gasteiger partial charge in [-0.1, -0.05) is 30.8 Å².